The van der Waals surface area contributed by atoms with Gasteiger partial charge in [-0.1, -0.05) is 12.1 Å². The second kappa shape index (κ2) is 6.49. The fourth-order valence-electron chi connectivity index (χ4n) is 2.08. The van der Waals surface area contributed by atoms with Gasteiger partial charge >= 0.3 is 6.03 Å². The predicted octanol–water partition coefficient (Wildman–Crippen LogP) is 2.04. The Labute approximate surface area is 131 Å². The zero-order valence-corrected chi connectivity index (χ0v) is 12.0. The highest BCUT2D eigenvalue weighted by molar-refractivity contribution is 5.78. The van der Waals surface area contributed by atoms with Crippen LogP contribution >= 0.6 is 0 Å². The number of benzene rings is 2. The van der Waals surface area contributed by atoms with E-state index in [-0.39, 0.29) is 11.5 Å². The van der Waals surface area contributed by atoms with E-state index in [4.69, 9.17) is 4.74 Å². The van der Waals surface area contributed by atoms with E-state index in [1.807, 2.05) is 0 Å². The number of halogens is 2. The van der Waals surface area contributed by atoms with Gasteiger partial charge in [-0.15, -0.1) is 5.53 Å². The van der Waals surface area contributed by atoms with Gasteiger partial charge in [0.05, 0.1) is 6.61 Å². The van der Waals surface area contributed by atoms with Gasteiger partial charge in [0.15, 0.2) is 5.82 Å². The third kappa shape index (κ3) is 3.67. The minimum Gasteiger partial charge on any atom is -0.493 e. The largest absolute Gasteiger partial charge is 0.493 e. The molecule has 0 atom stereocenters. The molecule has 2 amide bonds. The normalized spacial score (nSPS) is 13.7. The van der Waals surface area contributed by atoms with Gasteiger partial charge in [0.1, 0.15) is 17.3 Å². The fraction of sp³-hybridized carbons (Fsp3) is 0.133. The Bertz CT molecular complexity index is 709. The zero-order chi connectivity index (χ0) is 16.2. The van der Waals surface area contributed by atoms with Crippen LogP contribution in [0, 0.1) is 11.6 Å². The highest BCUT2D eigenvalue weighted by atomic mass is 19.1. The Morgan fingerprint density at radius 1 is 1.09 bits per heavy atom. The maximum atomic E-state index is 14.0. The lowest BCUT2D eigenvalue weighted by atomic mass is 10.2. The van der Waals surface area contributed by atoms with E-state index in [1.54, 1.807) is 18.2 Å². The molecule has 0 saturated carbocycles. The number of nitrogens with zero attached hydrogens (tertiary/aromatic N) is 1. The first kappa shape index (κ1) is 15.0. The molecule has 23 heavy (non-hydrogen) atoms. The van der Waals surface area contributed by atoms with Crippen LogP contribution in [0.2, 0.25) is 0 Å². The second-order valence-electron chi connectivity index (χ2n) is 4.85. The average Bonchev–Trinajstić information content (AvgIpc) is 2.96. The summed E-state index contributed by atoms with van der Waals surface area (Å²) in [6.45, 7) is 0.338. The number of urea groups is 1. The first-order valence-electron chi connectivity index (χ1n) is 6.91. The predicted molar refractivity (Wildman–Crippen MR) is 79.3 cm³/mol. The molecule has 1 fully saturated rings. The molecule has 8 heteroatoms. The molecule has 0 unspecified atom stereocenters. The summed E-state index contributed by atoms with van der Waals surface area (Å²) in [5.74, 6) is -0.475. The molecule has 3 N–H and O–H groups in total. The summed E-state index contributed by atoms with van der Waals surface area (Å²) in [6.07, 6.45) is 0.581. The molecule has 6 nitrogen and oxygen atoms in total. The van der Waals surface area contributed by atoms with Gasteiger partial charge in [0, 0.05) is 12.5 Å². The van der Waals surface area contributed by atoms with Gasteiger partial charge in [-0.2, -0.15) is 5.12 Å². The van der Waals surface area contributed by atoms with Crippen LogP contribution in [-0.4, -0.2) is 12.6 Å². The SMILES string of the molecule is O=C1NNN(c2ccc(OCCc3ccc(F)cc3)cc2F)N1. The molecular weight excluding hydrogens is 306 g/mol. The van der Waals surface area contributed by atoms with E-state index in [9.17, 15) is 13.6 Å². The summed E-state index contributed by atoms with van der Waals surface area (Å²) in [5.41, 5.74) is 8.17. The van der Waals surface area contributed by atoms with Crippen molar-refractivity contribution in [1.29, 1.82) is 0 Å². The molecule has 0 aliphatic carbocycles. The molecule has 2 aromatic carbocycles. The average molecular weight is 320 g/mol. The zero-order valence-electron chi connectivity index (χ0n) is 12.0. The van der Waals surface area contributed by atoms with Gasteiger partial charge in [-0.05, 0) is 29.8 Å². The quantitative estimate of drug-likeness (QED) is 0.789. The maximum absolute atomic E-state index is 14.0. The van der Waals surface area contributed by atoms with E-state index < -0.39 is 11.8 Å². The molecule has 1 saturated heterocycles. The van der Waals surface area contributed by atoms with Crippen LogP contribution in [0.25, 0.3) is 0 Å². The van der Waals surface area contributed by atoms with Gasteiger partial charge < -0.3 is 4.74 Å². The lowest BCUT2D eigenvalue weighted by Crippen LogP contribution is -2.40. The van der Waals surface area contributed by atoms with Crippen molar-refractivity contribution in [3.63, 3.8) is 0 Å². The van der Waals surface area contributed by atoms with Crippen molar-refractivity contribution in [2.24, 2.45) is 0 Å². The summed E-state index contributed by atoms with van der Waals surface area (Å²) in [6, 6.07) is 9.94. The number of carbonyl (C=O) groups is 1. The highest BCUT2D eigenvalue weighted by Gasteiger charge is 2.20. The van der Waals surface area contributed by atoms with E-state index in [1.165, 1.54) is 24.3 Å². The molecule has 0 aromatic heterocycles. The van der Waals surface area contributed by atoms with E-state index in [0.717, 1.165) is 10.7 Å². The number of anilines is 1. The Kier molecular flexibility index (Phi) is 4.24. The van der Waals surface area contributed by atoms with Crippen molar-refractivity contribution in [1.82, 2.24) is 16.4 Å². The molecule has 0 spiro atoms. The van der Waals surface area contributed by atoms with Crippen LogP contribution in [0.3, 0.4) is 0 Å². The molecule has 2 aromatic rings. The van der Waals surface area contributed by atoms with Crippen LogP contribution in [-0.2, 0) is 6.42 Å². The number of hydrogen-bond donors (Lipinski definition) is 3. The summed E-state index contributed by atoms with van der Waals surface area (Å²) >= 11 is 0. The Morgan fingerprint density at radius 3 is 2.52 bits per heavy atom. The van der Waals surface area contributed by atoms with Crippen molar-refractivity contribution in [2.45, 2.75) is 6.42 Å². The topological polar surface area (TPSA) is 65.6 Å². The number of ether oxygens (including phenoxy) is 1. The summed E-state index contributed by atoms with van der Waals surface area (Å²) in [4.78, 5) is 11.0. The summed E-state index contributed by atoms with van der Waals surface area (Å²) < 4.78 is 32.3. The monoisotopic (exact) mass is 320 g/mol. The van der Waals surface area contributed by atoms with Crippen molar-refractivity contribution >= 4 is 11.7 Å². The lowest BCUT2D eigenvalue weighted by molar-refractivity contribution is 0.247. The summed E-state index contributed by atoms with van der Waals surface area (Å²) in [5, 5.41) is 1.12. The van der Waals surface area contributed by atoms with Crippen LogP contribution < -0.4 is 26.2 Å². The smallest absolute Gasteiger partial charge is 0.350 e. The molecule has 1 heterocycles. The molecule has 1 aliphatic rings. The third-order valence-corrected chi connectivity index (χ3v) is 3.23. The minimum atomic E-state index is -0.555. The highest BCUT2D eigenvalue weighted by Crippen LogP contribution is 2.23. The Hall–Kier alpha value is -2.87. The molecule has 0 bridgehead atoms. The third-order valence-electron chi connectivity index (χ3n) is 3.23. The van der Waals surface area contributed by atoms with Gasteiger partial charge in [-0.25, -0.2) is 19.0 Å². The first-order chi connectivity index (χ1) is 11.1. The van der Waals surface area contributed by atoms with E-state index in [0.29, 0.717) is 18.8 Å². The number of hydrogen-bond acceptors (Lipinski definition) is 4. The standard InChI is InChI=1S/C15H14F2N4O2/c16-11-3-1-10(2-4-11)7-8-23-12-5-6-14(13(17)9-12)21-19-15(22)18-20-21/h1-6,9,20H,7-8H2,(H2,18,19,22). The number of rotatable bonds is 5. The lowest BCUT2D eigenvalue weighted by Gasteiger charge is -2.16. The number of hydrazine groups is 3. The van der Waals surface area contributed by atoms with Crippen LogP contribution in [0.1, 0.15) is 5.56 Å². The molecule has 1 aliphatic heterocycles. The Balaban J connectivity index is 1.57. The maximum Gasteiger partial charge on any atom is 0.350 e. The molecule has 0 radical (unpaired) electrons. The van der Waals surface area contributed by atoms with Crippen molar-refractivity contribution in [3.05, 3.63) is 59.7 Å². The van der Waals surface area contributed by atoms with Crippen LogP contribution in [0.15, 0.2) is 42.5 Å². The van der Waals surface area contributed by atoms with Crippen LogP contribution in [0.4, 0.5) is 19.3 Å². The van der Waals surface area contributed by atoms with Crippen LogP contribution in [0.5, 0.6) is 5.75 Å². The minimum absolute atomic E-state index is 0.147. The fourth-order valence-corrected chi connectivity index (χ4v) is 2.08. The number of amides is 2. The summed E-state index contributed by atoms with van der Waals surface area (Å²) in [7, 11) is 0. The Morgan fingerprint density at radius 2 is 1.87 bits per heavy atom. The van der Waals surface area contributed by atoms with Gasteiger partial charge in [0.2, 0.25) is 0 Å². The van der Waals surface area contributed by atoms with Crippen molar-refractivity contribution in [3.8, 4) is 5.75 Å². The number of carbonyl (C=O) groups excluding carboxylic acids is 1. The van der Waals surface area contributed by atoms with E-state index in [2.05, 4.69) is 16.4 Å². The molecular formula is C15H14F2N4O2. The van der Waals surface area contributed by atoms with Crippen molar-refractivity contribution in [2.75, 3.05) is 11.7 Å². The van der Waals surface area contributed by atoms with Crippen molar-refractivity contribution < 1.29 is 18.3 Å². The molecule has 120 valence electrons. The molecule has 3 rings (SSSR count). The van der Waals surface area contributed by atoms with Gasteiger partial charge in [0.25, 0.3) is 0 Å². The second-order valence-corrected chi connectivity index (χ2v) is 4.85. The first-order valence-corrected chi connectivity index (χ1v) is 6.91. The van der Waals surface area contributed by atoms with E-state index >= 15 is 0 Å². The van der Waals surface area contributed by atoms with Gasteiger partial charge in [-0.3, -0.25) is 5.43 Å². The number of nitrogens with one attached hydrogen (secondary N) is 3.